The van der Waals surface area contributed by atoms with Crippen molar-refractivity contribution >= 4 is 11.9 Å². The van der Waals surface area contributed by atoms with Crippen LogP contribution in [0.5, 0.6) is 5.75 Å². The van der Waals surface area contributed by atoms with Crippen LogP contribution in [0.3, 0.4) is 0 Å². The molecule has 1 rings (SSSR count). The Labute approximate surface area is 97.2 Å². The van der Waals surface area contributed by atoms with Gasteiger partial charge in [0.2, 0.25) is 5.95 Å². The van der Waals surface area contributed by atoms with Crippen molar-refractivity contribution in [2.75, 3.05) is 7.05 Å². The number of aromatic nitrogens is 1. The van der Waals surface area contributed by atoms with Crippen LogP contribution in [0, 0.1) is 5.95 Å². The van der Waals surface area contributed by atoms with Crippen LogP contribution in [-0.4, -0.2) is 30.1 Å². The fourth-order valence-electron chi connectivity index (χ4n) is 0.966. The number of rotatable bonds is 3. The van der Waals surface area contributed by atoms with Gasteiger partial charge < -0.3 is 10.1 Å². The SMILES string of the molecule is CNC(=O)NC(=O)C(C)Oc1ccc(F)nc1. The van der Waals surface area contributed by atoms with Crippen molar-refractivity contribution in [3.8, 4) is 5.75 Å². The van der Waals surface area contributed by atoms with Gasteiger partial charge in [0.15, 0.2) is 6.10 Å². The predicted molar refractivity (Wildman–Crippen MR) is 56.9 cm³/mol. The number of urea groups is 1. The highest BCUT2D eigenvalue weighted by Crippen LogP contribution is 2.10. The second-order valence-corrected chi connectivity index (χ2v) is 3.15. The molecule has 0 fully saturated rings. The molecular formula is C10H12FN3O3. The lowest BCUT2D eigenvalue weighted by Gasteiger charge is -2.13. The molecule has 0 saturated heterocycles. The van der Waals surface area contributed by atoms with E-state index < -0.39 is 24.0 Å². The van der Waals surface area contributed by atoms with Crippen molar-refractivity contribution in [2.45, 2.75) is 13.0 Å². The molecule has 92 valence electrons. The van der Waals surface area contributed by atoms with Gasteiger partial charge in [-0.25, -0.2) is 9.78 Å². The van der Waals surface area contributed by atoms with E-state index in [-0.39, 0.29) is 5.75 Å². The summed E-state index contributed by atoms with van der Waals surface area (Å²) < 4.78 is 17.7. The van der Waals surface area contributed by atoms with Gasteiger partial charge in [-0.3, -0.25) is 10.1 Å². The number of ether oxygens (including phenoxy) is 1. The normalized spacial score (nSPS) is 11.5. The van der Waals surface area contributed by atoms with E-state index in [9.17, 15) is 14.0 Å². The molecule has 3 amide bonds. The summed E-state index contributed by atoms with van der Waals surface area (Å²) in [7, 11) is 1.39. The van der Waals surface area contributed by atoms with Gasteiger partial charge in [-0.1, -0.05) is 0 Å². The Morgan fingerprint density at radius 3 is 2.71 bits per heavy atom. The number of amides is 3. The Balaban J connectivity index is 2.54. The van der Waals surface area contributed by atoms with Crippen LogP contribution >= 0.6 is 0 Å². The van der Waals surface area contributed by atoms with E-state index in [4.69, 9.17) is 4.74 Å². The molecule has 0 radical (unpaired) electrons. The zero-order valence-electron chi connectivity index (χ0n) is 9.36. The lowest BCUT2D eigenvalue weighted by Crippen LogP contribution is -2.43. The Bertz CT molecular complexity index is 408. The first kappa shape index (κ1) is 12.9. The van der Waals surface area contributed by atoms with Crippen LogP contribution in [0.15, 0.2) is 18.3 Å². The smallest absolute Gasteiger partial charge is 0.321 e. The molecule has 1 aromatic heterocycles. The molecule has 17 heavy (non-hydrogen) atoms. The molecular weight excluding hydrogens is 229 g/mol. The van der Waals surface area contributed by atoms with Crippen LogP contribution in [0.4, 0.5) is 9.18 Å². The maximum Gasteiger partial charge on any atom is 0.321 e. The standard InChI is InChI=1S/C10H12FN3O3/c1-6(9(15)14-10(16)12-2)17-7-3-4-8(11)13-5-7/h3-6H,1-2H3,(H2,12,14,15,16). The summed E-state index contributed by atoms with van der Waals surface area (Å²) in [6, 6.07) is 1.83. The highest BCUT2D eigenvalue weighted by molar-refractivity contribution is 5.96. The third-order valence-corrected chi connectivity index (χ3v) is 1.85. The lowest BCUT2D eigenvalue weighted by atomic mass is 10.3. The zero-order valence-corrected chi connectivity index (χ0v) is 9.36. The molecule has 0 spiro atoms. The van der Waals surface area contributed by atoms with E-state index in [2.05, 4.69) is 15.6 Å². The van der Waals surface area contributed by atoms with Crippen molar-refractivity contribution in [3.63, 3.8) is 0 Å². The highest BCUT2D eigenvalue weighted by Gasteiger charge is 2.16. The summed E-state index contributed by atoms with van der Waals surface area (Å²) in [6.07, 6.45) is 0.262. The van der Waals surface area contributed by atoms with Gasteiger partial charge in [0, 0.05) is 7.05 Å². The van der Waals surface area contributed by atoms with Crippen molar-refractivity contribution in [2.24, 2.45) is 0 Å². The second kappa shape index (κ2) is 5.78. The second-order valence-electron chi connectivity index (χ2n) is 3.15. The fraction of sp³-hybridized carbons (Fsp3) is 0.300. The van der Waals surface area contributed by atoms with Crippen LogP contribution in [-0.2, 0) is 4.79 Å². The van der Waals surface area contributed by atoms with Crippen molar-refractivity contribution in [3.05, 3.63) is 24.3 Å². The lowest BCUT2D eigenvalue weighted by molar-refractivity contribution is -0.126. The monoisotopic (exact) mass is 241 g/mol. The first-order valence-electron chi connectivity index (χ1n) is 4.83. The van der Waals surface area contributed by atoms with Crippen LogP contribution in [0.2, 0.25) is 0 Å². The summed E-state index contributed by atoms with van der Waals surface area (Å²) in [6.45, 7) is 1.46. The number of imide groups is 1. The molecule has 0 saturated carbocycles. The predicted octanol–water partition coefficient (Wildman–Crippen LogP) is 0.444. The maximum atomic E-state index is 12.5. The van der Waals surface area contributed by atoms with Gasteiger partial charge in [-0.2, -0.15) is 4.39 Å². The van der Waals surface area contributed by atoms with E-state index in [0.717, 1.165) is 12.3 Å². The summed E-state index contributed by atoms with van der Waals surface area (Å²) in [5, 5.41) is 4.29. The van der Waals surface area contributed by atoms with E-state index >= 15 is 0 Å². The highest BCUT2D eigenvalue weighted by atomic mass is 19.1. The number of hydrogen-bond acceptors (Lipinski definition) is 4. The number of nitrogens with zero attached hydrogens (tertiary/aromatic N) is 1. The third kappa shape index (κ3) is 4.06. The van der Waals surface area contributed by atoms with Crippen LogP contribution < -0.4 is 15.4 Å². The van der Waals surface area contributed by atoms with Gasteiger partial charge in [-0.15, -0.1) is 0 Å². The third-order valence-electron chi connectivity index (χ3n) is 1.85. The Morgan fingerprint density at radius 1 is 1.47 bits per heavy atom. The average molecular weight is 241 g/mol. The average Bonchev–Trinajstić information content (AvgIpc) is 2.31. The first-order valence-corrected chi connectivity index (χ1v) is 4.83. The quantitative estimate of drug-likeness (QED) is 0.753. The number of hydrogen-bond donors (Lipinski definition) is 2. The Morgan fingerprint density at radius 2 is 2.18 bits per heavy atom. The largest absolute Gasteiger partial charge is 0.479 e. The number of carbonyl (C=O) groups is 2. The van der Waals surface area contributed by atoms with E-state index in [1.165, 1.54) is 20.0 Å². The molecule has 1 heterocycles. The van der Waals surface area contributed by atoms with E-state index in [1.807, 2.05) is 0 Å². The molecule has 1 atom stereocenters. The molecule has 6 nitrogen and oxygen atoms in total. The van der Waals surface area contributed by atoms with Crippen molar-refractivity contribution < 1.29 is 18.7 Å². The molecule has 0 aromatic carbocycles. The Hall–Kier alpha value is -2.18. The Kier molecular flexibility index (Phi) is 4.38. The topological polar surface area (TPSA) is 80.3 Å². The minimum absolute atomic E-state index is 0.242. The van der Waals surface area contributed by atoms with E-state index in [1.54, 1.807) is 0 Å². The number of nitrogens with one attached hydrogen (secondary N) is 2. The van der Waals surface area contributed by atoms with Crippen LogP contribution in [0.1, 0.15) is 6.92 Å². The molecule has 0 aliphatic heterocycles. The molecule has 2 N–H and O–H groups in total. The molecule has 0 bridgehead atoms. The number of carbonyl (C=O) groups excluding carboxylic acids is 2. The molecule has 0 aliphatic rings. The summed E-state index contributed by atoms with van der Waals surface area (Å²) in [4.78, 5) is 25.6. The number of pyridine rings is 1. The van der Waals surface area contributed by atoms with Crippen molar-refractivity contribution in [1.82, 2.24) is 15.6 Å². The summed E-state index contributed by atoms with van der Waals surface area (Å²) in [5.41, 5.74) is 0. The zero-order chi connectivity index (χ0) is 12.8. The minimum Gasteiger partial charge on any atom is -0.479 e. The van der Waals surface area contributed by atoms with E-state index in [0.29, 0.717) is 0 Å². The molecule has 1 unspecified atom stereocenters. The van der Waals surface area contributed by atoms with Gasteiger partial charge in [0.25, 0.3) is 5.91 Å². The van der Waals surface area contributed by atoms with Crippen LogP contribution in [0.25, 0.3) is 0 Å². The number of halogens is 1. The summed E-state index contributed by atoms with van der Waals surface area (Å²) >= 11 is 0. The van der Waals surface area contributed by atoms with Gasteiger partial charge in [0.05, 0.1) is 6.20 Å². The first-order chi connectivity index (χ1) is 8.02. The van der Waals surface area contributed by atoms with Gasteiger partial charge >= 0.3 is 6.03 Å². The van der Waals surface area contributed by atoms with Crippen molar-refractivity contribution in [1.29, 1.82) is 0 Å². The molecule has 7 heteroatoms. The fourth-order valence-corrected chi connectivity index (χ4v) is 0.966. The molecule has 0 aliphatic carbocycles. The minimum atomic E-state index is -0.889. The maximum absolute atomic E-state index is 12.5. The van der Waals surface area contributed by atoms with Gasteiger partial charge in [0.1, 0.15) is 5.75 Å². The molecule has 1 aromatic rings. The summed E-state index contributed by atoms with van der Waals surface area (Å²) in [5.74, 6) is -1.00. The van der Waals surface area contributed by atoms with Gasteiger partial charge in [-0.05, 0) is 19.1 Å².